The molecular formula is C24H28BrNO2. The average Bonchev–Trinajstić information content (AvgIpc) is 2.74. The molecule has 1 aliphatic rings. The molecule has 3 rings (SSSR count). The first kappa shape index (κ1) is 20.8. The van der Waals surface area contributed by atoms with Crippen LogP contribution >= 0.6 is 15.9 Å². The highest BCUT2D eigenvalue weighted by Gasteiger charge is 2.27. The molecule has 4 heteroatoms. The first-order valence-corrected chi connectivity index (χ1v) is 10.8. The predicted octanol–water partition coefficient (Wildman–Crippen LogP) is 6.22. The molecule has 1 aliphatic carbocycles. The van der Waals surface area contributed by atoms with E-state index < -0.39 is 0 Å². The van der Waals surface area contributed by atoms with E-state index in [1.165, 1.54) is 6.42 Å². The summed E-state index contributed by atoms with van der Waals surface area (Å²) in [6.45, 7) is 1.17. The van der Waals surface area contributed by atoms with Gasteiger partial charge in [0.05, 0.1) is 13.2 Å². The number of carbonyl (C=O) groups is 1. The fraction of sp³-hybridized carbons (Fsp3) is 0.375. The van der Waals surface area contributed by atoms with E-state index in [0.717, 1.165) is 47.0 Å². The standard InChI is InChI=1S/C24H28BrNO2/c1-28-16-6-8-19-7-5-11-23(17-19)26(18-20-12-14-22(25)15-13-20)24(27)21-9-3-2-4-10-21/h5-8,11-15,17,21H,2-4,9-10,16,18H2,1H3/b8-6+. The number of carbonyl (C=O) groups excluding carboxylic acids is 1. The molecule has 2 aromatic carbocycles. The first-order chi connectivity index (χ1) is 13.7. The zero-order valence-corrected chi connectivity index (χ0v) is 18.0. The van der Waals surface area contributed by atoms with Gasteiger partial charge < -0.3 is 9.64 Å². The highest BCUT2D eigenvalue weighted by molar-refractivity contribution is 9.10. The van der Waals surface area contributed by atoms with Crippen LogP contribution in [0.2, 0.25) is 0 Å². The molecule has 0 N–H and O–H groups in total. The van der Waals surface area contributed by atoms with Gasteiger partial charge in [-0.1, -0.05) is 71.6 Å². The number of anilines is 1. The molecule has 148 valence electrons. The van der Waals surface area contributed by atoms with Crippen molar-refractivity contribution in [1.29, 1.82) is 0 Å². The van der Waals surface area contributed by atoms with E-state index in [0.29, 0.717) is 13.2 Å². The van der Waals surface area contributed by atoms with Crippen molar-refractivity contribution in [2.45, 2.75) is 38.6 Å². The lowest BCUT2D eigenvalue weighted by atomic mass is 9.88. The summed E-state index contributed by atoms with van der Waals surface area (Å²) in [5, 5.41) is 0. The van der Waals surface area contributed by atoms with Crippen molar-refractivity contribution in [3.05, 3.63) is 70.2 Å². The zero-order valence-electron chi connectivity index (χ0n) is 16.4. The van der Waals surface area contributed by atoms with Crippen LogP contribution in [0.5, 0.6) is 0 Å². The maximum Gasteiger partial charge on any atom is 0.230 e. The second-order valence-corrected chi connectivity index (χ2v) is 8.25. The Morgan fingerprint density at radius 1 is 1.14 bits per heavy atom. The van der Waals surface area contributed by atoms with E-state index >= 15 is 0 Å². The summed E-state index contributed by atoms with van der Waals surface area (Å²) in [7, 11) is 1.68. The van der Waals surface area contributed by atoms with Gasteiger partial charge in [-0.15, -0.1) is 0 Å². The number of ether oxygens (including phenoxy) is 1. The molecule has 3 nitrogen and oxygen atoms in total. The molecule has 0 atom stereocenters. The lowest BCUT2D eigenvalue weighted by Crippen LogP contribution is -2.36. The van der Waals surface area contributed by atoms with Crippen LogP contribution in [0.15, 0.2) is 59.1 Å². The molecule has 2 aromatic rings. The third-order valence-corrected chi connectivity index (χ3v) is 5.76. The number of benzene rings is 2. The van der Waals surface area contributed by atoms with E-state index in [-0.39, 0.29) is 11.8 Å². The van der Waals surface area contributed by atoms with Gasteiger partial charge in [0, 0.05) is 23.2 Å². The van der Waals surface area contributed by atoms with Gasteiger partial charge in [-0.2, -0.15) is 0 Å². The van der Waals surface area contributed by atoms with Crippen molar-refractivity contribution in [2.75, 3.05) is 18.6 Å². The van der Waals surface area contributed by atoms with Gasteiger partial charge in [0.1, 0.15) is 0 Å². The van der Waals surface area contributed by atoms with Crippen LogP contribution in [0.25, 0.3) is 6.08 Å². The predicted molar refractivity (Wildman–Crippen MR) is 119 cm³/mol. The fourth-order valence-corrected chi connectivity index (χ4v) is 3.98. The Hall–Kier alpha value is -1.91. The molecule has 1 amide bonds. The number of nitrogens with zero attached hydrogens (tertiary/aromatic N) is 1. The van der Waals surface area contributed by atoms with Gasteiger partial charge in [-0.05, 0) is 48.2 Å². The molecular weight excluding hydrogens is 414 g/mol. The number of rotatable bonds is 7. The summed E-state index contributed by atoms with van der Waals surface area (Å²) in [6, 6.07) is 16.4. The van der Waals surface area contributed by atoms with E-state index in [1.54, 1.807) is 7.11 Å². The van der Waals surface area contributed by atoms with E-state index in [1.807, 2.05) is 41.3 Å². The summed E-state index contributed by atoms with van der Waals surface area (Å²) in [6.07, 6.45) is 9.59. The number of methoxy groups -OCH3 is 1. The van der Waals surface area contributed by atoms with Crippen LogP contribution in [0.4, 0.5) is 5.69 Å². The second kappa shape index (κ2) is 10.6. The Morgan fingerprint density at radius 3 is 2.61 bits per heavy atom. The van der Waals surface area contributed by atoms with E-state index in [4.69, 9.17) is 4.74 Å². The number of hydrogen-bond donors (Lipinski definition) is 0. The quantitative estimate of drug-likeness (QED) is 0.509. The molecule has 28 heavy (non-hydrogen) atoms. The molecule has 0 aromatic heterocycles. The van der Waals surface area contributed by atoms with Crippen molar-refractivity contribution in [2.24, 2.45) is 5.92 Å². The molecule has 0 aliphatic heterocycles. The van der Waals surface area contributed by atoms with Crippen molar-refractivity contribution >= 4 is 33.6 Å². The molecule has 1 fully saturated rings. The van der Waals surface area contributed by atoms with Crippen LogP contribution in [0.3, 0.4) is 0 Å². The summed E-state index contributed by atoms with van der Waals surface area (Å²) >= 11 is 3.49. The Morgan fingerprint density at radius 2 is 1.89 bits per heavy atom. The van der Waals surface area contributed by atoms with E-state index in [9.17, 15) is 4.79 Å². The normalized spacial score (nSPS) is 15.1. The lowest BCUT2D eigenvalue weighted by molar-refractivity contribution is -0.123. The highest BCUT2D eigenvalue weighted by Crippen LogP contribution is 2.29. The van der Waals surface area contributed by atoms with Crippen molar-refractivity contribution in [3.63, 3.8) is 0 Å². The second-order valence-electron chi connectivity index (χ2n) is 7.34. The van der Waals surface area contributed by atoms with Crippen molar-refractivity contribution < 1.29 is 9.53 Å². The van der Waals surface area contributed by atoms with Crippen molar-refractivity contribution in [3.8, 4) is 0 Å². The molecule has 0 spiro atoms. The summed E-state index contributed by atoms with van der Waals surface area (Å²) in [4.78, 5) is 15.4. The Kier molecular flexibility index (Phi) is 7.87. The Balaban J connectivity index is 1.87. The molecule has 1 saturated carbocycles. The van der Waals surface area contributed by atoms with Crippen LogP contribution in [-0.2, 0) is 16.1 Å². The summed E-state index contributed by atoms with van der Waals surface area (Å²) in [5.74, 6) is 0.387. The minimum absolute atomic E-state index is 0.136. The lowest BCUT2D eigenvalue weighted by Gasteiger charge is -2.30. The van der Waals surface area contributed by atoms with Gasteiger partial charge in [-0.25, -0.2) is 0 Å². The monoisotopic (exact) mass is 441 g/mol. The molecule has 0 saturated heterocycles. The van der Waals surface area contributed by atoms with Crippen LogP contribution in [0, 0.1) is 5.92 Å². The maximum absolute atomic E-state index is 13.4. The number of amides is 1. The highest BCUT2D eigenvalue weighted by atomic mass is 79.9. The average molecular weight is 442 g/mol. The van der Waals surface area contributed by atoms with Gasteiger partial charge in [0.2, 0.25) is 5.91 Å². The van der Waals surface area contributed by atoms with Gasteiger partial charge >= 0.3 is 0 Å². The zero-order chi connectivity index (χ0) is 19.8. The molecule has 0 unspecified atom stereocenters. The third kappa shape index (κ3) is 5.79. The van der Waals surface area contributed by atoms with Crippen molar-refractivity contribution in [1.82, 2.24) is 0 Å². The number of hydrogen-bond acceptors (Lipinski definition) is 2. The molecule has 0 heterocycles. The first-order valence-electron chi connectivity index (χ1n) is 9.99. The summed E-state index contributed by atoms with van der Waals surface area (Å²) in [5.41, 5.74) is 3.16. The Labute approximate surface area is 176 Å². The third-order valence-electron chi connectivity index (χ3n) is 5.23. The minimum Gasteiger partial charge on any atom is -0.381 e. The van der Waals surface area contributed by atoms with Gasteiger partial charge in [0.15, 0.2) is 0 Å². The smallest absolute Gasteiger partial charge is 0.230 e. The van der Waals surface area contributed by atoms with E-state index in [2.05, 4.69) is 40.2 Å². The SMILES string of the molecule is COC/C=C/c1cccc(N(Cc2ccc(Br)cc2)C(=O)C2CCCCC2)c1. The molecule has 0 radical (unpaired) electrons. The van der Waals surface area contributed by atoms with Crippen LogP contribution in [-0.4, -0.2) is 19.6 Å². The van der Waals surface area contributed by atoms with Gasteiger partial charge in [0.25, 0.3) is 0 Å². The Bertz CT molecular complexity index is 795. The van der Waals surface area contributed by atoms with Gasteiger partial charge in [-0.3, -0.25) is 4.79 Å². The molecule has 0 bridgehead atoms. The topological polar surface area (TPSA) is 29.5 Å². The minimum atomic E-state index is 0.136. The summed E-state index contributed by atoms with van der Waals surface area (Å²) < 4.78 is 6.14. The largest absolute Gasteiger partial charge is 0.381 e. The number of halogens is 1. The van der Waals surface area contributed by atoms with Crippen LogP contribution < -0.4 is 4.90 Å². The van der Waals surface area contributed by atoms with Crippen LogP contribution in [0.1, 0.15) is 43.2 Å². The fourth-order valence-electron chi connectivity index (χ4n) is 3.72. The maximum atomic E-state index is 13.4.